The molecule has 0 amide bonds. The summed E-state index contributed by atoms with van der Waals surface area (Å²) in [5.74, 6) is -0.159. The van der Waals surface area contributed by atoms with Gasteiger partial charge in [-0.3, -0.25) is 4.79 Å². The fraction of sp³-hybridized carbons (Fsp3) is 0.636. The summed E-state index contributed by atoms with van der Waals surface area (Å²) >= 11 is 1.42. The summed E-state index contributed by atoms with van der Waals surface area (Å²) in [6.07, 6.45) is 1.20. The van der Waals surface area contributed by atoms with E-state index in [4.69, 9.17) is 5.11 Å². The van der Waals surface area contributed by atoms with E-state index >= 15 is 0 Å². The summed E-state index contributed by atoms with van der Waals surface area (Å²) in [7, 11) is -2.84. The molecule has 1 aliphatic heterocycles. The van der Waals surface area contributed by atoms with Crippen LogP contribution in [-0.4, -0.2) is 42.5 Å². The van der Waals surface area contributed by atoms with Crippen molar-refractivity contribution in [1.82, 2.24) is 4.98 Å². The van der Waals surface area contributed by atoms with E-state index in [9.17, 15) is 13.2 Å². The van der Waals surface area contributed by atoms with Gasteiger partial charge in [-0.25, -0.2) is 13.4 Å². The molecule has 2 N–H and O–H groups in total. The van der Waals surface area contributed by atoms with Crippen LogP contribution in [0.5, 0.6) is 0 Å². The number of hydrogen-bond donors (Lipinski definition) is 2. The number of hydrogen-bond acceptors (Lipinski definition) is 6. The highest BCUT2D eigenvalue weighted by atomic mass is 32.2. The Morgan fingerprint density at radius 1 is 1.58 bits per heavy atom. The molecule has 0 saturated carbocycles. The zero-order valence-electron chi connectivity index (χ0n) is 10.3. The molecular formula is C11H16N2O4S2. The second-order valence-corrected chi connectivity index (χ2v) is 7.77. The summed E-state index contributed by atoms with van der Waals surface area (Å²) in [6, 6.07) is 0. The predicted octanol–water partition coefficient (Wildman–Crippen LogP) is 1.01. The highest BCUT2D eigenvalue weighted by Crippen LogP contribution is 2.21. The molecule has 0 radical (unpaired) electrons. The first-order valence-corrected chi connectivity index (χ1v) is 8.75. The minimum absolute atomic E-state index is 0.0735. The topological polar surface area (TPSA) is 96.4 Å². The Balaban J connectivity index is 1.79. The van der Waals surface area contributed by atoms with E-state index in [1.807, 2.05) is 5.38 Å². The van der Waals surface area contributed by atoms with E-state index in [2.05, 4.69) is 10.3 Å². The maximum Gasteiger partial charge on any atom is 0.303 e. The van der Waals surface area contributed by atoms with Gasteiger partial charge in [0.05, 0.1) is 23.6 Å². The van der Waals surface area contributed by atoms with Gasteiger partial charge in [0.2, 0.25) is 0 Å². The zero-order valence-corrected chi connectivity index (χ0v) is 12.0. The molecule has 1 atom stereocenters. The number of thiazole rings is 1. The Morgan fingerprint density at radius 2 is 2.37 bits per heavy atom. The predicted molar refractivity (Wildman–Crippen MR) is 73.3 cm³/mol. The third-order valence-corrected chi connectivity index (χ3v) is 5.70. The molecule has 0 bridgehead atoms. The van der Waals surface area contributed by atoms with Crippen LogP contribution in [0.4, 0.5) is 5.13 Å². The monoisotopic (exact) mass is 304 g/mol. The van der Waals surface area contributed by atoms with Gasteiger partial charge in [0.25, 0.3) is 0 Å². The Labute approximate surface area is 115 Å². The lowest BCUT2D eigenvalue weighted by atomic mass is 10.1. The molecule has 1 aromatic heterocycles. The number of rotatable bonds is 6. The van der Waals surface area contributed by atoms with Crippen molar-refractivity contribution in [3.63, 3.8) is 0 Å². The van der Waals surface area contributed by atoms with Crippen LogP contribution in [0.2, 0.25) is 0 Å². The highest BCUT2D eigenvalue weighted by Gasteiger charge is 2.27. The van der Waals surface area contributed by atoms with E-state index in [1.165, 1.54) is 11.3 Å². The van der Waals surface area contributed by atoms with Crippen molar-refractivity contribution in [3.8, 4) is 0 Å². The molecular weight excluding hydrogens is 288 g/mol. The average molecular weight is 304 g/mol. The molecule has 6 nitrogen and oxygen atoms in total. The van der Waals surface area contributed by atoms with Crippen LogP contribution in [0.15, 0.2) is 5.38 Å². The fourth-order valence-corrected chi connectivity index (χ4v) is 4.62. The van der Waals surface area contributed by atoms with Gasteiger partial charge in [-0.2, -0.15) is 0 Å². The van der Waals surface area contributed by atoms with Crippen LogP contribution in [0.1, 0.15) is 18.5 Å². The van der Waals surface area contributed by atoms with E-state index in [-0.39, 0.29) is 23.8 Å². The van der Waals surface area contributed by atoms with Crippen LogP contribution < -0.4 is 5.32 Å². The van der Waals surface area contributed by atoms with Crippen LogP contribution in [0.3, 0.4) is 0 Å². The number of carbonyl (C=O) groups is 1. The van der Waals surface area contributed by atoms with Crippen LogP contribution in [-0.2, 0) is 21.1 Å². The third-order valence-electron chi connectivity index (χ3n) is 3.02. The Morgan fingerprint density at radius 3 is 3.00 bits per heavy atom. The number of nitrogens with zero attached hydrogens (tertiary/aromatic N) is 1. The van der Waals surface area contributed by atoms with E-state index in [1.54, 1.807) is 0 Å². The minimum Gasteiger partial charge on any atom is -0.481 e. The van der Waals surface area contributed by atoms with Crippen LogP contribution in [0, 0.1) is 5.92 Å². The van der Waals surface area contributed by atoms with Gasteiger partial charge in [0.1, 0.15) is 0 Å². The highest BCUT2D eigenvalue weighted by molar-refractivity contribution is 7.91. The molecule has 0 aliphatic carbocycles. The maximum atomic E-state index is 11.3. The van der Waals surface area contributed by atoms with Gasteiger partial charge in [-0.15, -0.1) is 11.3 Å². The van der Waals surface area contributed by atoms with Crippen molar-refractivity contribution in [2.75, 3.05) is 23.4 Å². The smallest absolute Gasteiger partial charge is 0.303 e. The molecule has 2 rings (SSSR count). The van der Waals surface area contributed by atoms with E-state index in [0.717, 1.165) is 10.8 Å². The van der Waals surface area contributed by atoms with Crippen molar-refractivity contribution in [1.29, 1.82) is 0 Å². The number of sulfone groups is 1. The van der Waals surface area contributed by atoms with Gasteiger partial charge in [0.15, 0.2) is 15.0 Å². The molecule has 1 aromatic rings. The van der Waals surface area contributed by atoms with Crippen molar-refractivity contribution < 1.29 is 18.3 Å². The molecule has 0 spiro atoms. The number of aromatic nitrogens is 1. The number of carboxylic acids is 1. The Bertz CT molecular complexity index is 553. The normalized spacial score (nSPS) is 21.4. The molecule has 1 unspecified atom stereocenters. The second-order valence-electron chi connectivity index (χ2n) is 4.69. The molecule has 1 fully saturated rings. The van der Waals surface area contributed by atoms with Crippen molar-refractivity contribution in [2.24, 2.45) is 5.92 Å². The lowest BCUT2D eigenvalue weighted by molar-refractivity contribution is -0.136. The molecule has 2 heterocycles. The largest absolute Gasteiger partial charge is 0.481 e. The first kappa shape index (κ1) is 14.3. The lowest BCUT2D eigenvalue weighted by Gasteiger charge is -2.07. The van der Waals surface area contributed by atoms with Crippen LogP contribution >= 0.6 is 11.3 Å². The summed E-state index contributed by atoms with van der Waals surface area (Å²) < 4.78 is 22.6. The summed E-state index contributed by atoms with van der Waals surface area (Å²) in [5, 5.41) is 14.3. The van der Waals surface area contributed by atoms with Crippen molar-refractivity contribution in [2.45, 2.75) is 19.3 Å². The molecule has 1 saturated heterocycles. The van der Waals surface area contributed by atoms with Crippen molar-refractivity contribution in [3.05, 3.63) is 11.1 Å². The average Bonchev–Trinajstić information content (AvgIpc) is 2.90. The zero-order chi connectivity index (χ0) is 13.9. The quantitative estimate of drug-likeness (QED) is 0.814. The SMILES string of the molecule is O=C(O)CCc1csc(NCC2CCS(=O)(=O)C2)n1. The molecule has 1 aliphatic rings. The van der Waals surface area contributed by atoms with Gasteiger partial charge < -0.3 is 10.4 Å². The first-order valence-electron chi connectivity index (χ1n) is 6.05. The molecule has 106 valence electrons. The summed E-state index contributed by atoms with van der Waals surface area (Å²) in [6.45, 7) is 0.602. The second kappa shape index (κ2) is 5.87. The van der Waals surface area contributed by atoms with Gasteiger partial charge in [0, 0.05) is 18.3 Å². The number of anilines is 1. The van der Waals surface area contributed by atoms with Gasteiger partial charge in [-0.05, 0) is 12.3 Å². The minimum atomic E-state index is -2.84. The molecule has 8 heteroatoms. The Hall–Kier alpha value is -1.15. The third kappa shape index (κ3) is 4.46. The first-order chi connectivity index (χ1) is 8.94. The standard InChI is InChI=1S/C11H16N2O4S2/c14-10(15)2-1-9-6-18-11(13-9)12-5-8-3-4-19(16,17)7-8/h6,8H,1-5,7H2,(H,12,13)(H,14,15). The fourth-order valence-electron chi connectivity index (χ4n) is 2.00. The number of aryl methyl sites for hydroxylation is 1. The lowest BCUT2D eigenvalue weighted by Crippen LogP contribution is -2.15. The number of aliphatic carboxylic acids is 1. The van der Waals surface area contributed by atoms with Crippen LogP contribution in [0.25, 0.3) is 0 Å². The molecule has 19 heavy (non-hydrogen) atoms. The summed E-state index contributed by atoms with van der Waals surface area (Å²) in [5.41, 5.74) is 0.758. The summed E-state index contributed by atoms with van der Waals surface area (Å²) in [4.78, 5) is 14.7. The van der Waals surface area contributed by atoms with Gasteiger partial charge >= 0.3 is 5.97 Å². The maximum absolute atomic E-state index is 11.3. The number of carboxylic acid groups (broad SMARTS) is 1. The van der Waals surface area contributed by atoms with Crippen molar-refractivity contribution >= 4 is 32.3 Å². The van der Waals surface area contributed by atoms with E-state index in [0.29, 0.717) is 19.4 Å². The number of nitrogens with one attached hydrogen (secondary N) is 1. The Kier molecular flexibility index (Phi) is 4.41. The molecule has 0 aromatic carbocycles. The van der Waals surface area contributed by atoms with Gasteiger partial charge in [-0.1, -0.05) is 0 Å². The van der Waals surface area contributed by atoms with E-state index < -0.39 is 15.8 Å².